The summed E-state index contributed by atoms with van der Waals surface area (Å²) in [5, 5.41) is 14.6. The minimum absolute atomic E-state index is 0.0505. The van der Waals surface area contributed by atoms with E-state index in [-0.39, 0.29) is 29.8 Å². The van der Waals surface area contributed by atoms with Crippen molar-refractivity contribution in [3.63, 3.8) is 0 Å². The standard InChI is InChI=1S/C23H27ClN4O4/c1-16(2)22(25-21(29)14-17-6-4-3-5-7-17)23(30)27-12-10-26(11-13-27)19-9-8-18(24)15-20(19)28(31)32/h3-9,15-16,22H,10-14H2,1-2H3,(H,25,29). The van der Waals surface area contributed by atoms with Crippen molar-refractivity contribution in [1.82, 2.24) is 10.2 Å². The van der Waals surface area contributed by atoms with Gasteiger partial charge in [0.2, 0.25) is 11.8 Å². The summed E-state index contributed by atoms with van der Waals surface area (Å²) < 4.78 is 0. The highest BCUT2D eigenvalue weighted by molar-refractivity contribution is 6.30. The van der Waals surface area contributed by atoms with E-state index >= 15 is 0 Å². The van der Waals surface area contributed by atoms with Crippen LogP contribution in [0.25, 0.3) is 0 Å². The maximum atomic E-state index is 13.2. The molecule has 170 valence electrons. The van der Waals surface area contributed by atoms with Crippen LogP contribution >= 0.6 is 11.6 Å². The van der Waals surface area contributed by atoms with Gasteiger partial charge in [0, 0.05) is 37.3 Å². The van der Waals surface area contributed by atoms with E-state index in [1.165, 1.54) is 6.07 Å². The molecule has 0 bridgehead atoms. The number of nitrogens with zero attached hydrogens (tertiary/aromatic N) is 3. The number of rotatable bonds is 7. The third kappa shape index (κ3) is 5.76. The van der Waals surface area contributed by atoms with Gasteiger partial charge in [-0.1, -0.05) is 55.8 Å². The lowest BCUT2D eigenvalue weighted by molar-refractivity contribution is -0.384. The van der Waals surface area contributed by atoms with E-state index in [1.54, 1.807) is 17.0 Å². The number of benzene rings is 2. The highest BCUT2D eigenvalue weighted by Gasteiger charge is 2.32. The fraction of sp³-hybridized carbons (Fsp3) is 0.391. The summed E-state index contributed by atoms with van der Waals surface area (Å²) in [7, 11) is 0. The molecule has 1 unspecified atom stereocenters. The minimum atomic E-state index is -0.623. The van der Waals surface area contributed by atoms with Crippen LogP contribution in [0.15, 0.2) is 48.5 Å². The lowest BCUT2D eigenvalue weighted by Gasteiger charge is -2.38. The van der Waals surface area contributed by atoms with Gasteiger partial charge < -0.3 is 15.1 Å². The van der Waals surface area contributed by atoms with Crippen molar-refractivity contribution in [2.45, 2.75) is 26.3 Å². The van der Waals surface area contributed by atoms with Gasteiger partial charge in [0.15, 0.2) is 0 Å². The maximum absolute atomic E-state index is 13.2. The monoisotopic (exact) mass is 458 g/mol. The quantitative estimate of drug-likeness (QED) is 0.507. The molecule has 0 radical (unpaired) electrons. The molecule has 1 aliphatic rings. The fourth-order valence-electron chi connectivity index (χ4n) is 3.79. The smallest absolute Gasteiger partial charge is 0.294 e. The number of nitrogens with one attached hydrogen (secondary N) is 1. The molecule has 2 amide bonds. The molecule has 1 aliphatic heterocycles. The van der Waals surface area contributed by atoms with Crippen molar-refractivity contribution >= 4 is 34.8 Å². The van der Waals surface area contributed by atoms with Gasteiger partial charge >= 0.3 is 0 Å². The molecule has 1 N–H and O–H groups in total. The number of hydrogen-bond donors (Lipinski definition) is 1. The average molecular weight is 459 g/mol. The van der Waals surface area contributed by atoms with Gasteiger partial charge in [0.05, 0.1) is 11.3 Å². The molecule has 9 heteroatoms. The van der Waals surface area contributed by atoms with Gasteiger partial charge in [0.25, 0.3) is 5.69 Å². The number of anilines is 1. The number of amides is 2. The van der Waals surface area contributed by atoms with Gasteiger partial charge in [-0.15, -0.1) is 0 Å². The van der Waals surface area contributed by atoms with Crippen molar-refractivity contribution < 1.29 is 14.5 Å². The van der Waals surface area contributed by atoms with E-state index in [4.69, 9.17) is 11.6 Å². The second-order valence-electron chi connectivity index (χ2n) is 8.15. The van der Waals surface area contributed by atoms with Gasteiger partial charge in [-0.25, -0.2) is 0 Å². The van der Waals surface area contributed by atoms with E-state index in [1.807, 2.05) is 49.1 Å². The van der Waals surface area contributed by atoms with Crippen LogP contribution in [0.3, 0.4) is 0 Å². The number of halogens is 1. The lowest BCUT2D eigenvalue weighted by atomic mass is 10.0. The van der Waals surface area contributed by atoms with Crippen molar-refractivity contribution in [3.05, 3.63) is 69.2 Å². The van der Waals surface area contributed by atoms with Crippen LogP contribution in [0.4, 0.5) is 11.4 Å². The van der Waals surface area contributed by atoms with E-state index < -0.39 is 11.0 Å². The normalized spacial score (nSPS) is 14.9. The summed E-state index contributed by atoms with van der Waals surface area (Å²) in [4.78, 5) is 40.2. The lowest BCUT2D eigenvalue weighted by Crippen LogP contribution is -2.56. The van der Waals surface area contributed by atoms with Gasteiger partial charge in [-0.2, -0.15) is 0 Å². The summed E-state index contributed by atoms with van der Waals surface area (Å²) in [6.45, 7) is 5.54. The van der Waals surface area contributed by atoms with Crippen molar-refractivity contribution in [3.8, 4) is 0 Å². The van der Waals surface area contributed by atoms with Crippen molar-refractivity contribution in [1.29, 1.82) is 0 Å². The number of hydrogen-bond acceptors (Lipinski definition) is 5. The molecule has 0 spiro atoms. The Morgan fingerprint density at radius 1 is 1.09 bits per heavy atom. The van der Waals surface area contributed by atoms with E-state index in [9.17, 15) is 19.7 Å². The Labute approximate surface area is 192 Å². The van der Waals surface area contributed by atoms with Crippen LogP contribution in [0.2, 0.25) is 5.02 Å². The van der Waals surface area contributed by atoms with E-state index in [2.05, 4.69) is 5.32 Å². The predicted molar refractivity (Wildman–Crippen MR) is 124 cm³/mol. The summed E-state index contributed by atoms with van der Waals surface area (Å²) in [6.07, 6.45) is 0.214. The molecular weight excluding hydrogens is 432 g/mol. The Bertz CT molecular complexity index is 975. The molecule has 0 aliphatic carbocycles. The fourth-order valence-corrected chi connectivity index (χ4v) is 3.96. The third-order valence-corrected chi connectivity index (χ3v) is 5.76. The summed E-state index contributed by atoms with van der Waals surface area (Å²) in [5.74, 6) is -0.400. The number of nitro groups is 1. The Balaban J connectivity index is 1.63. The SMILES string of the molecule is CC(C)C(NC(=O)Cc1ccccc1)C(=O)N1CCN(c2ccc(Cl)cc2[N+](=O)[O-])CC1. The molecule has 0 saturated carbocycles. The van der Waals surface area contributed by atoms with Crippen LogP contribution in [0, 0.1) is 16.0 Å². The van der Waals surface area contributed by atoms with Gasteiger partial charge in [0.1, 0.15) is 11.7 Å². The van der Waals surface area contributed by atoms with Crippen LogP contribution in [-0.4, -0.2) is 53.9 Å². The number of carbonyl (C=O) groups is 2. The molecule has 1 fully saturated rings. The highest BCUT2D eigenvalue weighted by Crippen LogP contribution is 2.31. The second-order valence-corrected chi connectivity index (χ2v) is 8.59. The zero-order valence-electron chi connectivity index (χ0n) is 18.2. The Hall–Kier alpha value is -3.13. The van der Waals surface area contributed by atoms with Crippen LogP contribution < -0.4 is 10.2 Å². The largest absolute Gasteiger partial charge is 0.362 e. The summed E-state index contributed by atoms with van der Waals surface area (Å²) in [5.41, 5.74) is 1.33. The van der Waals surface area contributed by atoms with Crippen molar-refractivity contribution in [2.24, 2.45) is 5.92 Å². The molecule has 1 saturated heterocycles. The molecular formula is C23H27ClN4O4. The zero-order chi connectivity index (χ0) is 23.3. The summed E-state index contributed by atoms with van der Waals surface area (Å²) in [6, 6.07) is 13.4. The summed E-state index contributed by atoms with van der Waals surface area (Å²) >= 11 is 5.91. The van der Waals surface area contributed by atoms with Gasteiger partial charge in [-0.3, -0.25) is 19.7 Å². The molecule has 1 atom stereocenters. The Morgan fingerprint density at radius 3 is 2.34 bits per heavy atom. The molecule has 2 aromatic carbocycles. The number of nitro benzene ring substituents is 1. The molecule has 8 nitrogen and oxygen atoms in total. The molecule has 0 aromatic heterocycles. The molecule has 32 heavy (non-hydrogen) atoms. The van der Waals surface area contributed by atoms with Crippen LogP contribution in [0.1, 0.15) is 19.4 Å². The predicted octanol–water partition coefficient (Wildman–Crippen LogP) is 3.28. The second kappa shape index (κ2) is 10.5. The molecule has 2 aromatic rings. The van der Waals surface area contributed by atoms with Crippen LogP contribution in [-0.2, 0) is 16.0 Å². The van der Waals surface area contributed by atoms with Gasteiger partial charge in [-0.05, 0) is 23.6 Å². The third-order valence-electron chi connectivity index (χ3n) is 5.52. The van der Waals surface area contributed by atoms with Crippen molar-refractivity contribution in [2.75, 3.05) is 31.1 Å². The number of carbonyl (C=O) groups excluding carboxylic acids is 2. The number of piperazine rings is 1. The first kappa shape index (κ1) is 23.5. The minimum Gasteiger partial charge on any atom is -0.362 e. The average Bonchev–Trinajstić information content (AvgIpc) is 2.77. The maximum Gasteiger partial charge on any atom is 0.294 e. The first-order chi connectivity index (χ1) is 15.3. The Kier molecular flexibility index (Phi) is 7.69. The topological polar surface area (TPSA) is 95.8 Å². The van der Waals surface area contributed by atoms with Crippen LogP contribution in [0.5, 0.6) is 0 Å². The highest BCUT2D eigenvalue weighted by atomic mass is 35.5. The van der Waals surface area contributed by atoms with E-state index in [0.29, 0.717) is 36.9 Å². The molecule has 1 heterocycles. The first-order valence-electron chi connectivity index (χ1n) is 10.6. The first-order valence-corrected chi connectivity index (χ1v) is 10.9. The molecule has 3 rings (SSSR count). The van der Waals surface area contributed by atoms with E-state index in [0.717, 1.165) is 5.56 Å². The Morgan fingerprint density at radius 2 is 1.75 bits per heavy atom. The zero-order valence-corrected chi connectivity index (χ0v) is 18.9.